The van der Waals surface area contributed by atoms with Crippen molar-refractivity contribution < 1.29 is 14.4 Å². The lowest BCUT2D eigenvalue weighted by atomic mass is 10.0. The standard InChI is InChI=1S/C33H30N4O3/c1-24-23-34(32(39)36(26-13-4-2-5-14-26)27-15-6-3-7-16-27)20-21-35(24)33(40)37-29-18-10-8-12-25(29)22-31(38)28-17-9-11-19-30(28)37/h2-19,24H,20-23H2,1H3/t24-/m1/s1. The fraction of sp³-hybridized carbons (Fsp3) is 0.182. The minimum atomic E-state index is -0.239. The van der Waals surface area contributed by atoms with Gasteiger partial charge in [0.15, 0.2) is 5.78 Å². The van der Waals surface area contributed by atoms with E-state index in [1.54, 1.807) is 15.9 Å². The van der Waals surface area contributed by atoms with Crippen LogP contribution in [-0.4, -0.2) is 53.3 Å². The molecule has 7 heteroatoms. The van der Waals surface area contributed by atoms with Crippen LogP contribution in [0.1, 0.15) is 22.8 Å². The molecule has 0 bridgehead atoms. The Morgan fingerprint density at radius 2 is 1.30 bits per heavy atom. The van der Waals surface area contributed by atoms with Crippen molar-refractivity contribution in [3.63, 3.8) is 0 Å². The van der Waals surface area contributed by atoms with E-state index in [1.807, 2.05) is 120 Å². The number of nitrogens with zero attached hydrogens (tertiary/aromatic N) is 4. The van der Waals surface area contributed by atoms with Gasteiger partial charge in [0.2, 0.25) is 0 Å². The molecule has 0 aromatic heterocycles. The minimum Gasteiger partial charge on any atom is -0.320 e. The van der Waals surface area contributed by atoms with Gasteiger partial charge in [-0.25, -0.2) is 9.59 Å². The molecule has 0 unspecified atom stereocenters. The van der Waals surface area contributed by atoms with Crippen molar-refractivity contribution in [2.24, 2.45) is 0 Å². The van der Waals surface area contributed by atoms with Crippen molar-refractivity contribution in [1.82, 2.24) is 9.80 Å². The zero-order valence-corrected chi connectivity index (χ0v) is 22.3. The number of rotatable bonds is 2. The summed E-state index contributed by atoms with van der Waals surface area (Å²) < 4.78 is 0. The molecule has 6 rings (SSSR count). The smallest absolute Gasteiger partial charge is 0.320 e. The van der Waals surface area contributed by atoms with Crippen LogP contribution in [0.25, 0.3) is 0 Å². The van der Waals surface area contributed by atoms with Gasteiger partial charge in [-0.1, -0.05) is 66.7 Å². The van der Waals surface area contributed by atoms with E-state index in [9.17, 15) is 14.4 Å². The number of anilines is 4. The van der Waals surface area contributed by atoms with Gasteiger partial charge in [-0.3, -0.25) is 14.6 Å². The van der Waals surface area contributed by atoms with Gasteiger partial charge in [0, 0.05) is 37.7 Å². The van der Waals surface area contributed by atoms with Crippen molar-refractivity contribution >= 4 is 40.6 Å². The van der Waals surface area contributed by atoms with Crippen molar-refractivity contribution in [3.8, 4) is 0 Å². The summed E-state index contributed by atoms with van der Waals surface area (Å²) >= 11 is 0. The van der Waals surface area contributed by atoms with Crippen LogP contribution in [0.4, 0.5) is 32.3 Å². The van der Waals surface area contributed by atoms with Crippen molar-refractivity contribution in [2.75, 3.05) is 29.4 Å². The van der Waals surface area contributed by atoms with Gasteiger partial charge < -0.3 is 9.80 Å². The zero-order chi connectivity index (χ0) is 27.6. The first kappa shape index (κ1) is 25.4. The van der Waals surface area contributed by atoms with Crippen LogP contribution in [-0.2, 0) is 6.42 Å². The van der Waals surface area contributed by atoms with Crippen LogP contribution in [0.3, 0.4) is 0 Å². The maximum Gasteiger partial charge on any atom is 0.329 e. The van der Waals surface area contributed by atoms with Crippen LogP contribution in [0, 0.1) is 0 Å². The monoisotopic (exact) mass is 530 g/mol. The molecule has 40 heavy (non-hydrogen) atoms. The Morgan fingerprint density at radius 3 is 1.95 bits per heavy atom. The molecule has 0 N–H and O–H groups in total. The third-order valence-electron chi connectivity index (χ3n) is 7.58. The number of urea groups is 2. The molecular weight excluding hydrogens is 500 g/mol. The molecular formula is C33H30N4O3. The van der Waals surface area contributed by atoms with Gasteiger partial charge in [-0.2, -0.15) is 0 Å². The Labute approximate surface area is 233 Å². The average molecular weight is 531 g/mol. The lowest BCUT2D eigenvalue weighted by Crippen LogP contribution is -2.59. The van der Waals surface area contributed by atoms with E-state index < -0.39 is 0 Å². The highest BCUT2D eigenvalue weighted by Crippen LogP contribution is 2.37. The van der Waals surface area contributed by atoms with Crippen LogP contribution in [0.5, 0.6) is 0 Å². The average Bonchev–Trinajstić information content (AvgIpc) is 3.11. The molecule has 2 heterocycles. The molecule has 2 aliphatic heterocycles. The second-order valence-electron chi connectivity index (χ2n) is 10.1. The van der Waals surface area contributed by atoms with E-state index in [0.29, 0.717) is 30.9 Å². The van der Waals surface area contributed by atoms with Gasteiger partial charge in [0.05, 0.1) is 22.7 Å². The highest BCUT2D eigenvalue weighted by Gasteiger charge is 2.37. The lowest BCUT2D eigenvalue weighted by Gasteiger charge is -2.43. The number of piperazine rings is 1. The summed E-state index contributed by atoms with van der Waals surface area (Å²) in [6.45, 7) is 3.11. The Bertz CT molecular complexity index is 1520. The summed E-state index contributed by atoms with van der Waals surface area (Å²) in [5.74, 6) is -0.0104. The van der Waals surface area contributed by atoms with Gasteiger partial charge in [0.25, 0.3) is 0 Å². The number of carbonyl (C=O) groups is 3. The number of ketones is 1. The molecule has 0 saturated carbocycles. The quantitative estimate of drug-likeness (QED) is 0.292. The van der Waals surface area contributed by atoms with Crippen LogP contribution >= 0.6 is 0 Å². The second kappa shape index (κ2) is 10.7. The first-order valence-electron chi connectivity index (χ1n) is 13.5. The molecule has 0 aliphatic carbocycles. The number of benzene rings is 4. The third-order valence-corrected chi connectivity index (χ3v) is 7.58. The van der Waals surface area contributed by atoms with Gasteiger partial charge in [-0.05, 0) is 55.0 Å². The summed E-state index contributed by atoms with van der Waals surface area (Å²) in [4.78, 5) is 48.3. The van der Waals surface area contributed by atoms with Gasteiger partial charge in [-0.15, -0.1) is 0 Å². The number of fused-ring (bicyclic) bond motifs is 2. The lowest BCUT2D eigenvalue weighted by molar-refractivity contribution is 0.0994. The fourth-order valence-electron chi connectivity index (χ4n) is 5.60. The molecule has 0 radical (unpaired) electrons. The van der Waals surface area contributed by atoms with Gasteiger partial charge in [0.1, 0.15) is 0 Å². The number of Topliss-reactive ketones (excluding diaryl/α,β-unsaturated/α-hetero) is 1. The van der Waals surface area contributed by atoms with Crippen molar-refractivity contribution in [1.29, 1.82) is 0 Å². The van der Waals surface area contributed by atoms with Crippen LogP contribution in [0.2, 0.25) is 0 Å². The van der Waals surface area contributed by atoms with E-state index in [2.05, 4.69) is 0 Å². The molecule has 1 atom stereocenters. The summed E-state index contributed by atoms with van der Waals surface area (Å²) in [5.41, 5.74) is 4.23. The van der Waals surface area contributed by atoms with E-state index in [1.165, 1.54) is 0 Å². The highest BCUT2D eigenvalue weighted by molar-refractivity contribution is 6.12. The molecule has 200 valence electrons. The zero-order valence-electron chi connectivity index (χ0n) is 22.3. The molecule has 4 aromatic carbocycles. The number of para-hydroxylation sites is 4. The molecule has 7 nitrogen and oxygen atoms in total. The summed E-state index contributed by atoms with van der Waals surface area (Å²) in [6.07, 6.45) is 0.240. The predicted molar refractivity (Wildman–Crippen MR) is 157 cm³/mol. The Kier molecular flexibility index (Phi) is 6.78. The summed E-state index contributed by atoms with van der Waals surface area (Å²) in [6, 6.07) is 33.5. The Balaban J connectivity index is 1.28. The van der Waals surface area contributed by atoms with E-state index in [0.717, 1.165) is 22.6 Å². The highest BCUT2D eigenvalue weighted by atomic mass is 16.2. The number of amides is 4. The Hall–Kier alpha value is -4.91. The Morgan fingerprint density at radius 1 is 0.725 bits per heavy atom. The number of carbonyl (C=O) groups excluding carboxylic acids is 3. The van der Waals surface area contributed by atoms with Gasteiger partial charge >= 0.3 is 12.1 Å². The maximum atomic E-state index is 14.2. The topological polar surface area (TPSA) is 64.2 Å². The molecule has 4 amide bonds. The second-order valence-corrected chi connectivity index (χ2v) is 10.1. The van der Waals surface area contributed by atoms with Crippen LogP contribution < -0.4 is 9.80 Å². The molecule has 4 aromatic rings. The fourth-order valence-corrected chi connectivity index (χ4v) is 5.60. The summed E-state index contributed by atoms with van der Waals surface area (Å²) in [5, 5.41) is 0. The number of hydrogen-bond donors (Lipinski definition) is 0. The largest absolute Gasteiger partial charge is 0.329 e. The van der Waals surface area contributed by atoms with Crippen molar-refractivity contribution in [3.05, 3.63) is 120 Å². The molecule has 1 fully saturated rings. The first-order valence-corrected chi connectivity index (χ1v) is 13.5. The van der Waals surface area contributed by atoms with E-state index >= 15 is 0 Å². The molecule has 0 spiro atoms. The predicted octanol–water partition coefficient (Wildman–Crippen LogP) is 6.65. The maximum absolute atomic E-state index is 14.2. The number of hydrogen-bond acceptors (Lipinski definition) is 3. The third kappa shape index (κ3) is 4.60. The van der Waals surface area contributed by atoms with Crippen LogP contribution in [0.15, 0.2) is 109 Å². The SMILES string of the molecule is C[C@@H]1CN(C(=O)N(c2ccccc2)c2ccccc2)CCN1C(=O)N1c2ccccc2CC(=O)c2ccccc21. The van der Waals surface area contributed by atoms with E-state index in [4.69, 9.17) is 0 Å². The minimum absolute atomic E-state index is 0.0104. The molecule has 1 saturated heterocycles. The normalized spacial score (nSPS) is 16.6. The van der Waals surface area contributed by atoms with Crippen molar-refractivity contribution in [2.45, 2.75) is 19.4 Å². The first-order chi connectivity index (χ1) is 19.5. The summed E-state index contributed by atoms with van der Waals surface area (Å²) in [7, 11) is 0. The van der Waals surface area contributed by atoms with E-state index in [-0.39, 0.29) is 30.3 Å². The molecule has 2 aliphatic rings.